The lowest BCUT2D eigenvalue weighted by Gasteiger charge is -2.18. The molecule has 0 aromatic heterocycles. The maximum Gasteiger partial charge on any atom is 0.392 e. The van der Waals surface area contributed by atoms with E-state index in [0.717, 1.165) is 12.1 Å². The molecule has 8 heteroatoms. The number of imide groups is 1. The van der Waals surface area contributed by atoms with Crippen LogP contribution in [0, 0.1) is 10.1 Å². The molecular weight excluding hydrogens is 292 g/mol. The van der Waals surface area contributed by atoms with Gasteiger partial charge in [0.25, 0.3) is 5.69 Å². The van der Waals surface area contributed by atoms with Crippen molar-refractivity contribution in [3.8, 4) is 5.75 Å². The zero-order valence-electron chi connectivity index (χ0n) is 11.0. The number of benzene rings is 2. The monoisotopic (exact) mass is 301 g/mol. The lowest BCUT2D eigenvalue weighted by molar-refractivity contribution is -0.386. The molecule has 1 aliphatic rings. The minimum absolute atomic E-state index is 0.0346. The van der Waals surface area contributed by atoms with Crippen molar-refractivity contribution in [3.05, 3.63) is 63.7 Å². The number of phenolic OH excluding ortho intramolecular Hbond substituents is 1. The fourth-order valence-corrected chi connectivity index (χ4v) is 2.48. The SMILES string of the molecule is O=C1c2ccccc2C(=O)[N+]1(O)c1cccc(O)c1[N+](=O)[O-]. The Morgan fingerprint density at radius 2 is 1.50 bits per heavy atom. The predicted octanol–water partition coefficient (Wildman–Crippen LogP) is 1.99. The highest BCUT2D eigenvalue weighted by Gasteiger charge is 2.59. The Labute approximate surface area is 123 Å². The van der Waals surface area contributed by atoms with E-state index in [9.17, 15) is 30.0 Å². The first-order chi connectivity index (χ1) is 10.4. The maximum atomic E-state index is 12.4. The number of hydrogen-bond acceptors (Lipinski definition) is 6. The van der Waals surface area contributed by atoms with Gasteiger partial charge in [0.15, 0.2) is 0 Å². The lowest BCUT2D eigenvalue weighted by atomic mass is 10.1. The topological polar surface area (TPSA) is 118 Å². The summed E-state index contributed by atoms with van der Waals surface area (Å²) in [5, 5.41) is 31.4. The summed E-state index contributed by atoms with van der Waals surface area (Å²) in [5.41, 5.74) is -1.56. The third kappa shape index (κ3) is 1.59. The number of rotatable bonds is 2. The smallest absolute Gasteiger partial charge is 0.392 e. The van der Waals surface area contributed by atoms with Crippen molar-refractivity contribution in [1.29, 1.82) is 0 Å². The van der Waals surface area contributed by atoms with Crippen LogP contribution in [0.1, 0.15) is 20.7 Å². The highest BCUT2D eigenvalue weighted by atomic mass is 16.6. The van der Waals surface area contributed by atoms with E-state index in [1.54, 1.807) is 0 Å². The summed E-state index contributed by atoms with van der Waals surface area (Å²) in [6.45, 7) is 0. The first kappa shape index (κ1) is 13.9. The highest BCUT2D eigenvalue weighted by Crippen LogP contribution is 2.43. The Bertz CT molecular complexity index is 810. The first-order valence-electron chi connectivity index (χ1n) is 6.16. The fraction of sp³-hybridized carbons (Fsp3) is 0. The second kappa shape index (κ2) is 4.45. The summed E-state index contributed by atoms with van der Waals surface area (Å²) >= 11 is 0. The molecule has 0 atom stereocenters. The Hall–Kier alpha value is -3.10. The van der Waals surface area contributed by atoms with Gasteiger partial charge < -0.3 is 5.11 Å². The van der Waals surface area contributed by atoms with Crippen LogP contribution in [0.2, 0.25) is 0 Å². The maximum absolute atomic E-state index is 12.4. The van der Waals surface area contributed by atoms with Crippen LogP contribution in [-0.2, 0) is 0 Å². The van der Waals surface area contributed by atoms with E-state index in [0.29, 0.717) is 0 Å². The molecule has 2 aromatic carbocycles. The van der Waals surface area contributed by atoms with Crippen LogP contribution in [0.3, 0.4) is 0 Å². The number of nitro groups is 1. The number of hydrogen-bond donors (Lipinski definition) is 2. The second-order valence-corrected chi connectivity index (χ2v) is 4.69. The standard InChI is InChI=1S/C14H8N2O6/c17-11-7-3-6-10(12(11)15(20)21)16(22)13(18)8-4-1-2-5-9(8)14(16)19/h1-7,22H/p+1. The minimum Gasteiger partial charge on any atom is -0.502 e. The molecule has 0 spiro atoms. The Kier molecular flexibility index (Phi) is 2.80. The number of carbonyl (C=O) groups is 2. The molecule has 0 radical (unpaired) electrons. The summed E-state index contributed by atoms with van der Waals surface area (Å²) in [6.07, 6.45) is 0. The van der Waals surface area contributed by atoms with Gasteiger partial charge in [-0.1, -0.05) is 18.2 Å². The summed E-state index contributed by atoms with van der Waals surface area (Å²) in [4.78, 5) is 35.0. The minimum atomic E-state index is -1.90. The number of aromatic hydroxyl groups is 1. The van der Waals surface area contributed by atoms with Crippen molar-refractivity contribution >= 4 is 23.2 Å². The average Bonchev–Trinajstić information content (AvgIpc) is 2.70. The number of carbonyl (C=O) groups excluding carboxylic acids is 2. The van der Waals surface area contributed by atoms with Crippen molar-refractivity contribution in [3.63, 3.8) is 0 Å². The number of quaternary nitrogens is 1. The normalized spacial score (nSPS) is 15.7. The summed E-state index contributed by atoms with van der Waals surface area (Å²) in [5.74, 6) is -2.76. The molecule has 2 N–H and O–H groups in total. The van der Waals surface area contributed by atoms with Gasteiger partial charge in [0, 0.05) is 6.07 Å². The van der Waals surface area contributed by atoms with Gasteiger partial charge in [-0.3, -0.25) is 10.1 Å². The van der Waals surface area contributed by atoms with Crippen molar-refractivity contribution < 1.29 is 24.8 Å². The molecule has 0 saturated heterocycles. The molecule has 2 aromatic rings. The molecule has 0 aliphatic carbocycles. The van der Waals surface area contributed by atoms with Gasteiger partial charge in [0.2, 0.25) is 5.75 Å². The van der Waals surface area contributed by atoms with E-state index in [2.05, 4.69) is 0 Å². The van der Waals surface area contributed by atoms with Gasteiger partial charge in [-0.05, 0) is 22.8 Å². The van der Waals surface area contributed by atoms with E-state index in [1.165, 1.54) is 30.3 Å². The number of hydroxylamine groups is 2. The van der Waals surface area contributed by atoms with E-state index in [-0.39, 0.29) is 11.1 Å². The molecule has 1 heterocycles. The van der Waals surface area contributed by atoms with Gasteiger partial charge >= 0.3 is 17.5 Å². The van der Waals surface area contributed by atoms with Crippen LogP contribution in [0.4, 0.5) is 11.4 Å². The molecule has 0 unspecified atom stereocenters. The zero-order valence-corrected chi connectivity index (χ0v) is 11.0. The molecule has 3 rings (SSSR count). The molecule has 0 saturated carbocycles. The molecule has 22 heavy (non-hydrogen) atoms. The zero-order chi connectivity index (χ0) is 16.1. The molecule has 8 nitrogen and oxygen atoms in total. The number of nitro benzene ring substituents is 1. The van der Waals surface area contributed by atoms with Crippen LogP contribution >= 0.6 is 0 Å². The number of nitrogens with zero attached hydrogens (tertiary/aromatic N) is 2. The van der Waals surface area contributed by atoms with Gasteiger partial charge in [-0.25, -0.2) is 9.59 Å². The van der Waals surface area contributed by atoms with Gasteiger partial charge in [0.1, 0.15) is 11.1 Å². The fourth-order valence-electron chi connectivity index (χ4n) is 2.48. The Balaban J connectivity index is 2.31. The van der Waals surface area contributed by atoms with Gasteiger partial charge in [0.05, 0.1) is 4.92 Å². The average molecular weight is 301 g/mol. The quantitative estimate of drug-likeness (QED) is 0.288. The van der Waals surface area contributed by atoms with Crippen molar-refractivity contribution in [2.24, 2.45) is 0 Å². The van der Waals surface area contributed by atoms with Crippen LogP contribution in [-0.4, -0.2) is 27.1 Å². The van der Waals surface area contributed by atoms with Crippen molar-refractivity contribution in [1.82, 2.24) is 4.65 Å². The molecule has 2 amide bonds. The molecular formula is C14H9N2O6+. The van der Waals surface area contributed by atoms with E-state index < -0.39 is 38.5 Å². The van der Waals surface area contributed by atoms with E-state index >= 15 is 0 Å². The largest absolute Gasteiger partial charge is 0.502 e. The number of fused-ring (bicyclic) bond motifs is 1. The highest BCUT2D eigenvalue weighted by molar-refractivity contribution is 6.29. The Morgan fingerprint density at radius 1 is 0.955 bits per heavy atom. The third-order valence-electron chi connectivity index (χ3n) is 3.50. The second-order valence-electron chi connectivity index (χ2n) is 4.69. The van der Waals surface area contributed by atoms with Crippen LogP contribution in [0.15, 0.2) is 42.5 Å². The number of phenols is 1. The van der Waals surface area contributed by atoms with E-state index in [4.69, 9.17) is 0 Å². The molecule has 110 valence electrons. The summed E-state index contributed by atoms with van der Waals surface area (Å²) in [6, 6.07) is 9.01. The number of amides is 2. The van der Waals surface area contributed by atoms with E-state index in [1.807, 2.05) is 0 Å². The predicted molar refractivity (Wildman–Crippen MR) is 73.4 cm³/mol. The van der Waals surface area contributed by atoms with Crippen LogP contribution in [0.5, 0.6) is 5.75 Å². The first-order valence-corrected chi connectivity index (χ1v) is 6.16. The van der Waals surface area contributed by atoms with Crippen LogP contribution in [0.25, 0.3) is 0 Å². The summed E-state index contributed by atoms with van der Waals surface area (Å²) in [7, 11) is 0. The summed E-state index contributed by atoms with van der Waals surface area (Å²) < 4.78 is -1.90. The van der Waals surface area contributed by atoms with Gasteiger partial charge in [-0.15, -0.1) is 0 Å². The molecule has 0 bridgehead atoms. The lowest BCUT2D eigenvalue weighted by Crippen LogP contribution is -2.51. The molecule has 1 aliphatic heterocycles. The number of para-hydroxylation sites is 1. The van der Waals surface area contributed by atoms with Crippen LogP contribution < -0.4 is 4.65 Å². The van der Waals surface area contributed by atoms with Crippen molar-refractivity contribution in [2.75, 3.05) is 0 Å². The van der Waals surface area contributed by atoms with Crippen molar-refractivity contribution in [2.45, 2.75) is 0 Å². The molecule has 0 fully saturated rings. The Morgan fingerprint density at radius 3 is 2.00 bits per heavy atom. The third-order valence-corrected chi connectivity index (χ3v) is 3.50. The van der Waals surface area contributed by atoms with Gasteiger partial charge in [-0.2, -0.15) is 5.21 Å².